The van der Waals surface area contributed by atoms with Gasteiger partial charge < -0.3 is 0 Å². The van der Waals surface area contributed by atoms with Gasteiger partial charge in [0.1, 0.15) is 5.82 Å². The lowest BCUT2D eigenvalue weighted by Gasteiger charge is -2.39. The summed E-state index contributed by atoms with van der Waals surface area (Å²) in [6, 6.07) is 29.6. The Morgan fingerprint density at radius 1 is 0.514 bits per heavy atom. The quantitative estimate of drug-likeness (QED) is 0.240. The molecular formula is C33H22N2. The molecule has 2 nitrogen and oxygen atoms in total. The van der Waals surface area contributed by atoms with E-state index in [2.05, 4.69) is 83.8 Å². The summed E-state index contributed by atoms with van der Waals surface area (Å²) in [7, 11) is 0. The third kappa shape index (κ3) is 2.27. The van der Waals surface area contributed by atoms with Crippen molar-refractivity contribution in [2.24, 2.45) is 0 Å². The number of pyridine rings is 1. The molecule has 0 unspecified atom stereocenters. The van der Waals surface area contributed by atoms with Crippen molar-refractivity contribution in [1.29, 1.82) is 0 Å². The van der Waals surface area contributed by atoms with E-state index in [1.165, 1.54) is 78.1 Å². The lowest BCUT2D eigenvalue weighted by molar-refractivity contribution is 0.966. The highest BCUT2D eigenvalue weighted by Crippen LogP contribution is 2.55. The molecule has 4 aliphatic rings. The Morgan fingerprint density at radius 2 is 1.23 bits per heavy atom. The smallest absolute Gasteiger partial charge is 0.141 e. The Kier molecular flexibility index (Phi) is 3.27. The van der Waals surface area contributed by atoms with Gasteiger partial charge in [-0.2, -0.15) is 0 Å². The van der Waals surface area contributed by atoms with Crippen molar-refractivity contribution in [2.45, 2.75) is 25.7 Å². The molecule has 0 amide bonds. The first-order chi connectivity index (χ1) is 17.3. The van der Waals surface area contributed by atoms with Crippen LogP contribution in [0.15, 0.2) is 85.1 Å². The highest BCUT2D eigenvalue weighted by atomic mass is 15.2. The number of hydrogen-bond donors (Lipinski definition) is 0. The predicted octanol–water partition coefficient (Wildman–Crippen LogP) is 7.50. The van der Waals surface area contributed by atoms with Crippen LogP contribution >= 0.6 is 0 Å². The Labute approximate surface area is 204 Å². The van der Waals surface area contributed by atoms with Gasteiger partial charge >= 0.3 is 0 Å². The molecule has 0 atom stereocenters. The number of fused-ring (bicyclic) bond motifs is 11. The molecule has 0 N–H and O–H groups in total. The summed E-state index contributed by atoms with van der Waals surface area (Å²) < 4.78 is 0. The summed E-state index contributed by atoms with van der Waals surface area (Å²) in [6.07, 6.45) is 5.95. The topological polar surface area (TPSA) is 16.1 Å². The molecule has 2 aliphatic heterocycles. The molecule has 2 heteroatoms. The molecule has 0 saturated heterocycles. The van der Waals surface area contributed by atoms with E-state index in [-0.39, 0.29) is 0 Å². The first-order valence-electron chi connectivity index (χ1n) is 12.6. The lowest BCUT2D eigenvalue weighted by atomic mass is 9.82. The van der Waals surface area contributed by atoms with Crippen molar-refractivity contribution in [3.63, 3.8) is 0 Å². The minimum Gasteiger partial charge on any atom is -0.294 e. The van der Waals surface area contributed by atoms with Crippen LogP contribution in [0.5, 0.6) is 0 Å². The minimum absolute atomic E-state index is 0.961. The molecule has 0 fully saturated rings. The standard InChI is InChI=1S/C33H22N2/c1-3-9-25-19(6-1)12-22-13-23-14-24-17-28-26-10-4-2-7-20(26)15-29(28)30-16-21-8-5-11-34-33(21)35(32(24)30)31(23)18-27(22)25/h1-11,13,17-18H,12,14-16H2. The number of rotatable bonds is 0. The summed E-state index contributed by atoms with van der Waals surface area (Å²) in [5.74, 6) is 1.10. The number of anilines is 3. The summed E-state index contributed by atoms with van der Waals surface area (Å²) in [4.78, 5) is 7.43. The molecule has 164 valence electrons. The van der Waals surface area contributed by atoms with Crippen LogP contribution in [0.25, 0.3) is 22.3 Å². The molecule has 5 aromatic rings. The number of benzene rings is 4. The first kappa shape index (κ1) is 18.2. The molecule has 4 aromatic carbocycles. The van der Waals surface area contributed by atoms with Crippen molar-refractivity contribution < 1.29 is 0 Å². The zero-order valence-corrected chi connectivity index (χ0v) is 19.3. The van der Waals surface area contributed by atoms with E-state index in [9.17, 15) is 0 Å². The van der Waals surface area contributed by atoms with Crippen molar-refractivity contribution in [3.8, 4) is 22.3 Å². The molecule has 0 radical (unpaired) electrons. The zero-order chi connectivity index (χ0) is 22.7. The molecule has 1 aromatic heterocycles. The minimum atomic E-state index is 0.961. The molecule has 0 saturated carbocycles. The van der Waals surface area contributed by atoms with Gasteiger partial charge in [-0.25, -0.2) is 4.98 Å². The molecular weight excluding hydrogens is 424 g/mol. The van der Waals surface area contributed by atoms with Gasteiger partial charge in [0, 0.05) is 19.0 Å². The SMILES string of the molecule is c1ccc2c(c1)Cc1cc3c(cc1-2)N1c2ncccc2Cc2c4c(cc(c21)C3)-c1ccccc1C4. The average Bonchev–Trinajstić information content (AvgIpc) is 3.45. The van der Waals surface area contributed by atoms with Crippen molar-refractivity contribution >= 4 is 17.2 Å². The number of nitrogens with zero attached hydrogens (tertiary/aromatic N) is 2. The monoisotopic (exact) mass is 446 g/mol. The van der Waals surface area contributed by atoms with Gasteiger partial charge in [-0.05, 0) is 97.8 Å². The van der Waals surface area contributed by atoms with Gasteiger partial charge in [-0.3, -0.25) is 4.90 Å². The van der Waals surface area contributed by atoms with E-state index in [0.717, 1.165) is 31.5 Å². The highest BCUT2D eigenvalue weighted by molar-refractivity contribution is 5.94. The van der Waals surface area contributed by atoms with Gasteiger partial charge in [-0.1, -0.05) is 60.7 Å². The van der Waals surface area contributed by atoms with Crippen molar-refractivity contribution in [2.75, 3.05) is 4.90 Å². The molecule has 3 heterocycles. The third-order valence-corrected chi connectivity index (χ3v) is 8.56. The highest BCUT2D eigenvalue weighted by Gasteiger charge is 2.37. The van der Waals surface area contributed by atoms with Gasteiger partial charge in [0.05, 0.1) is 11.4 Å². The van der Waals surface area contributed by atoms with Gasteiger partial charge in [0.2, 0.25) is 0 Å². The molecule has 0 spiro atoms. The predicted molar refractivity (Wildman–Crippen MR) is 141 cm³/mol. The van der Waals surface area contributed by atoms with Crippen LogP contribution in [-0.2, 0) is 25.7 Å². The molecule has 35 heavy (non-hydrogen) atoms. The maximum atomic E-state index is 4.94. The van der Waals surface area contributed by atoms with Crippen LogP contribution in [0.2, 0.25) is 0 Å². The van der Waals surface area contributed by atoms with Crippen LogP contribution in [0.1, 0.15) is 44.5 Å². The van der Waals surface area contributed by atoms with Crippen LogP contribution in [-0.4, -0.2) is 4.98 Å². The second kappa shape index (κ2) is 6.28. The maximum Gasteiger partial charge on any atom is 0.141 e. The first-order valence-corrected chi connectivity index (χ1v) is 12.6. The lowest BCUT2D eigenvalue weighted by Crippen LogP contribution is -2.26. The van der Waals surface area contributed by atoms with E-state index in [1.54, 1.807) is 0 Å². The van der Waals surface area contributed by atoms with Crippen LogP contribution in [0.4, 0.5) is 17.2 Å². The molecule has 2 aliphatic carbocycles. The van der Waals surface area contributed by atoms with Crippen LogP contribution in [0.3, 0.4) is 0 Å². The summed E-state index contributed by atoms with van der Waals surface area (Å²) in [5, 5.41) is 0. The van der Waals surface area contributed by atoms with E-state index in [0.29, 0.717) is 0 Å². The Hall–Kier alpha value is -4.17. The molecule has 9 rings (SSSR count). The van der Waals surface area contributed by atoms with E-state index >= 15 is 0 Å². The van der Waals surface area contributed by atoms with Crippen molar-refractivity contribution in [1.82, 2.24) is 4.98 Å². The van der Waals surface area contributed by atoms with Crippen LogP contribution in [0, 0.1) is 0 Å². The molecule has 0 bridgehead atoms. The van der Waals surface area contributed by atoms with Gasteiger partial charge in [0.15, 0.2) is 0 Å². The van der Waals surface area contributed by atoms with E-state index < -0.39 is 0 Å². The van der Waals surface area contributed by atoms with E-state index in [1.807, 2.05) is 6.20 Å². The fourth-order valence-electron chi connectivity index (χ4n) is 7.08. The number of aromatic nitrogens is 1. The average molecular weight is 447 g/mol. The fraction of sp³-hybridized carbons (Fsp3) is 0.121. The number of hydrogen-bond acceptors (Lipinski definition) is 2. The van der Waals surface area contributed by atoms with Crippen molar-refractivity contribution in [3.05, 3.63) is 130 Å². The summed E-state index contributed by atoms with van der Waals surface area (Å²) in [6.45, 7) is 0. The Bertz CT molecular complexity index is 1760. The Balaban J connectivity index is 1.34. The second-order valence-corrected chi connectivity index (χ2v) is 10.4. The summed E-state index contributed by atoms with van der Waals surface area (Å²) in [5.41, 5.74) is 19.9. The largest absolute Gasteiger partial charge is 0.294 e. The fourth-order valence-corrected chi connectivity index (χ4v) is 7.08. The van der Waals surface area contributed by atoms with Crippen LogP contribution < -0.4 is 4.90 Å². The van der Waals surface area contributed by atoms with E-state index in [4.69, 9.17) is 4.98 Å². The van der Waals surface area contributed by atoms with Gasteiger partial charge in [-0.15, -0.1) is 0 Å². The maximum absolute atomic E-state index is 4.94. The zero-order valence-electron chi connectivity index (χ0n) is 19.3. The second-order valence-electron chi connectivity index (χ2n) is 10.4. The third-order valence-electron chi connectivity index (χ3n) is 8.56. The summed E-state index contributed by atoms with van der Waals surface area (Å²) >= 11 is 0. The normalized spacial score (nSPS) is 14.9. The Morgan fingerprint density at radius 3 is 2.11 bits per heavy atom. The van der Waals surface area contributed by atoms with Gasteiger partial charge in [0.25, 0.3) is 0 Å².